The van der Waals surface area contributed by atoms with Crippen molar-refractivity contribution in [3.8, 4) is 11.7 Å². The lowest BCUT2D eigenvalue weighted by Gasteiger charge is -2.09. The smallest absolute Gasteiger partial charge is 0.267 e. The molecule has 154 valence electrons. The third-order valence-corrected chi connectivity index (χ3v) is 5.13. The van der Waals surface area contributed by atoms with Gasteiger partial charge in [-0.25, -0.2) is 9.55 Å². The molecule has 1 N–H and O–H groups in total. The first-order chi connectivity index (χ1) is 15.0. The molecule has 1 aromatic carbocycles. The molecule has 0 atom stereocenters. The Bertz CT molecular complexity index is 1550. The molecule has 0 amide bonds. The number of aromatic amines is 1. The number of nitrogens with one attached hydrogen (secondary N) is 1. The van der Waals surface area contributed by atoms with Gasteiger partial charge in [0.1, 0.15) is 11.6 Å². The molecule has 9 heteroatoms. The molecule has 0 saturated heterocycles. The largest absolute Gasteiger partial charge is 0.497 e. The molecule has 4 aromatic heterocycles. The first kappa shape index (κ1) is 18.7. The second-order valence-corrected chi connectivity index (χ2v) is 7.16. The van der Waals surface area contributed by atoms with Crippen molar-refractivity contribution in [1.82, 2.24) is 29.3 Å². The van der Waals surface area contributed by atoms with Crippen molar-refractivity contribution < 1.29 is 4.74 Å². The molecular formula is C22H18N6O3. The molecule has 5 aromatic rings. The van der Waals surface area contributed by atoms with E-state index in [0.29, 0.717) is 34.2 Å². The topological polar surface area (TPSA) is 108 Å². The molecule has 0 radical (unpaired) electrons. The van der Waals surface area contributed by atoms with Crippen LogP contribution in [0.15, 0.2) is 64.4 Å². The van der Waals surface area contributed by atoms with Crippen LogP contribution in [0, 0.1) is 6.92 Å². The van der Waals surface area contributed by atoms with Gasteiger partial charge in [-0.3, -0.25) is 14.7 Å². The van der Waals surface area contributed by atoms with E-state index in [1.807, 2.05) is 24.3 Å². The zero-order chi connectivity index (χ0) is 21.5. The van der Waals surface area contributed by atoms with Crippen molar-refractivity contribution in [2.24, 2.45) is 0 Å². The van der Waals surface area contributed by atoms with Crippen molar-refractivity contribution in [3.05, 3.63) is 87.0 Å². The highest BCUT2D eigenvalue weighted by molar-refractivity contribution is 5.91. The van der Waals surface area contributed by atoms with Crippen molar-refractivity contribution in [2.75, 3.05) is 7.11 Å². The van der Waals surface area contributed by atoms with Crippen molar-refractivity contribution in [1.29, 1.82) is 0 Å². The van der Waals surface area contributed by atoms with Crippen LogP contribution in [0.3, 0.4) is 0 Å². The van der Waals surface area contributed by atoms with E-state index in [1.54, 1.807) is 49.2 Å². The molecule has 0 saturated carbocycles. The highest BCUT2D eigenvalue weighted by atomic mass is 16.5. The Hall–Kier alpha value is -4.27. The summed E-state index contributed by atoms with van der Waals surface area (Å²) >= 11 is 0. The average molecular weight is 414 g/mol. The van der Waals surface area contributed by atoms with E-state index in [1.165, 1.54) is 4.57 Å². The highest BCUT2D eigenvalue weighted by Gasteiger charge is 2.12. The fraction of sp³-hybridized carbons (Fsp3) is 0.136. The van der Waals surface area contributed by atoms with Gasteiger partial charge in [0.2, 0.25) is 0 Å². The zero-order valence-electron chi connectivity index (χ0n) is 16.9. The molecule has 0 unspecified atom stereocenters. The number of benzene rings is 1. The number of hydrogen-bond acceptors (Lipinski definition) is 6. The van der Waals surface area contributed by atoms with E-state index in [9.17, 15) is 9.59 Å². The van der Waals surface area contributed by atoms with Gasteiger partial charge in [-0.15, -0.1) is 5.10 Å². The average Bonchev–Trinajstić information content (AvgIpc) is 3.22. The van der Waals surface area contributed by atoms with Crippen LogP contribution < -0.4 is 15.9 Å². The lowest BCUT2D eigenvalue weighted by Crippen LogP contribution is -2.22. The van der Waals surface area contributed by atoms with E-state index in [4.69, 9.17) is 4.74 Å². The minimum absolute atomic E-state index is 0.216. The van der Waals surface area contributed by atoms with Crippen molar-refractivity contribution >= 4 is 21.8 Å². The summed E-state index contributed by atoms with van der Waals surface area (Å²) < 4.78 is 8.10. The summed E-state index contributed by atoms with van der Waals surface area (Å²) in [6.45, 7) is 2.15. The van der Waals surface area contributed by atoms with E-state index in [0.717, 1.165) is 11.3 Å². The Kier molecular flexibility index (Phi) is 4.36. The Labute approximate surface area is 175 Å². The second kappa shape index (κ2) is 7.21. The summed E-state index contributed by atoms with van der Waals surface area (Å²) in [5.41, 5.74) is 1.45. The lowest BCUT2D eigenvalue weighted by molar-refractivity contribution is 0.414. The molecule has 0 fully saturated rings. The van der Waals surface area contributed by atoms with E-state index >= 15 is 0 Å². The Balaban J connectivity index is 1.63. The summed E-state index contributed by atoms with van der Waals surface area (Å²) in [4.78, 5) is 34.9. The number of ether oxygens (including phenoxy) is 1. The predicted octanol–water partition coefficient (Wildman–Crippen LogP) is 2.18. The van der Waals surface area contributed by atoms with Gasteiger partial charge in [0.15, 0.2) is 0 Å². The normalized spacial score (nSPS) is 11.3. The molecule has 4 heterocycles. The SMILES string of the molecule is COc1ccc(Cn2ccc3nc4ccn(-c5n[nH]c(C)n5)c(=O)c4cc3c2=O)cc1. The molecule has 31 heavy (non-hydrogen) atoms. The summed E-state index contributed by atoms with van der Waals surface area (Å²) in [5, 5.41) is 7.47. The molecule has 9 nitrogen and oxygen atoms in total. The predicted molar refractivity (Wildman–Crippen MR) is 116 cm³/mol. The van der Waals surface area contributed by atoms with Crippen molar-refractivity contribution in [2.45, 2.75) is 13.5 Å². The monoisotopic (exact) mass is 414 g/mol. The van der Waals surface area contributed by atoms with Crippen LogP contribution in [0.2, 0.25) is 0 Å². The van der Waals surface area contributed by atoms with Crippen LogP contribution in [-0.4, -0.2) is 36.4 Å². The number of methoxy groups -OCH3 is 1. The molecule has 0 aliphatic rings. The standard InChI is InChI=1S/C22H18N6O3/c1-13-23-22(26-25-13)28-10-8-19-17(21(28)30)11-16-18(24-19)7-9-27(20(16)29)12-14-3-5-15(31-2)6-4-14/h3-11H,12H2,1-2H3,(H,23,25,26). The number of fused-ring (bicyclic) bond motifs is 2. The third kappa shape index (κ3) is 3.25. The Morgan fingerprint density at radius 1 is 0.935 bits per heavy atom. The number of pyridine rings is 3. The fourth-order valence-corrected chi connectivity index (χ4v) is 3.51. The third-order valence-electron chi connectivity index (χ3n) is 5.13. The molecule has 0 bridgehead atoms. The van der Waals surface area contributed by atoms with E-state index < -0.39 is 0 Å². The maximum absolute atomic E-state index is 13.1. The number of H-pyrrole nitrogens is 1. The van der Waals surface area contributed by atoms with E-state index in [2.05, 4.69) is 20.2 Å². The minimum atomic E-state index is -0.337. The fourth-order valence-electron chi connectivity index (χ4n) is 3.51. The van der Waals surface area contributed by atoms with Gasteiger partial charge in [0.05, 0.1) is 35.5 Å². The first-order valence-electron chi connectivity index (χ1n) is 9.61. The quantitative estimate of drug-likeness (QED) is 0.452. The summed E-state index contributed by atoms with van der Waals surface area (Å²) in [6.07, 6.45) is 3.29. The maximum atomic E-state index is 13.1. The molecule has 0 aliphatic carbocycles. The number of rotatable bonds is 4. The van der Waals surface area contributed by atoms with Crippen LogP contribution in [-0.2, 0) is 6.54 Å². The van der Waals surface area contributed by atoms with Crippen LogP contribution in [0.4, 0.5) is 0 Å². The second-order valence-electron chi connectivity index (χ2n) is 7.16. The highest BCUT2D eigenvalue weighted by Crippen LogP contribution is 2.16. The first-order valence-corrected chi connectivity index (χ1v) is 9.61. The maximum Gasteiger partial charge on any atom is 0.267 e. The van der Waals surface area contributed by atoms with E-state index in [-0.39, 0.29) is 17.1 Å². The summed E-state index contributed by atoms with van der Waals surface area (Å²) in [7, 11) is 1.61. The Morgan fingerprint density at radius 2 is 1.65 bits per heavy atom. The molecular weight excluding hydrogens is 396 g/mol. The summed E-state index contributed by atoms with van der Waals surface area (Å²) in [6, 6.07) is 12.6. The summed E-state index contributed by atoms with van der Waals surface area (Å²) in [5.74, 6) is 1.60. The van der Waals surface area contributed by atoms with Gasteiger partial charge in [-0.05, 0) is 42.8 Å². The number of aryl methyl sites for hydroxylation is 1. The van der Waals surface area contributed by atoms with Gasteiger partial charge in [0, 0.05) is 12.4 Å². The molecule has 5 rings (SSSR count). The van der Waals surface area contributed by atoms with Gasteiger partial charge in [0.25, 0.3) is 17.1 Å². The number of aromatic nitrogens is 6. The zero-order valence-corrected chi connectivity index (χ0v) is 16.9. The molecule has 0 spiro atoms. The van der Waals surface area contributed by atoms with Gasteiger partial charge < -0.3 is 9.30 Å². The minimum Gasteiger partial charge on any atom is -0.497 e. The van der Waals surface area contributed by atoms with Crippen LogP contribution >= 0.6 is 0 Å². The number of hydrogen-bond donors (Lipinski definition) is 1. The van der Waals surface area contributed by atoms with Gasteiger partial charge >= 0.3 is 0 Å². The van der Waals surface area contributed by atoms with Crippen molar-refractivity contribution in [3.63, 3.8) is 0 Å². The number of nitrogens with zero attached hydrogens (tertiary/aromatic N) is 5. The van der Waals surface area contributed by atoms with Gasteiger partial charge in [-0.2, -0.15) is 4.98 Å². The lowest BCUT2D eigenvalue weighted by atomic mass is 10.1. The molecule has 0 aliphatic heterocycles. The van der Waals surface area contributed by atoms with Crippen LogP contribution in [0.1, 0.15) is 11.4 Å². The van der Waals surface area contributed by atoms with Gasteiger partial charge in [-0.1, -0.05) is 12.1 Å². The van der Waals surface area contributed by atoms with Crippen LogP contribution in [0.5, 0.6) is 5.75 Å². The Morgan fingerprint density at radius 3 is 2.32 bits per heavy atom. The van der Waals surface area contributed by atoms with Crippen LogP contribution in [0.25, 0.3) is 27.8 Å².